The average Bonchev–Trinajstić information content (AvgIpc) is 2.37. The molecule has 19 heavy (non-hydrogen) atoms. The zero-order valence-corrected chi connectivity index (χ0v) is 11.5. The van der Waals surface area contributed by atoms with E-state index in [0.717, 1.165) is 11.4 Å². The van der Waals surface area contributed by atoms with Crippen molar-refractivity contribution in [3.05, 3.63) is 52.4 Å². The van der Waals surface area contributed by atoms with Gasteiger partial charge in [-0.1, -0.05) is 23.7 Å². The molecule has 2 rings (SSSR count). The molecule has 0 spiro atoms. The van der Waals surface area contributed by atoms with Crippen molar-refractivity contribution in [2.75, 3.05) is 11.9 Å². The number of nitrogens with zero attached hydrogens (tertiary/aromatic N) is 4. The minimum absolute atomic E-state index is 0.431. The van der Waals surface area contributed by atoms with Crippen molar-refractivity contribution in [3.8, 4) is 6.07 Å². The van der Waals surface area contributed by atoms with Gasteiger partial charge in [0.05, 0.1) is 11.6 Å². The van der Waals surface area contributed by atoms with Crippen LogP contribution in [0.1, 0.15) is 17.0 Å². The molecule has 4 nitrogen and oxygen atoms in total. The van der Waals surface area contributed by atoms with Crippen molar-refractivity contribution < 1.29 is 0 Å². The minimum Gasteiger partial charge on any atom is -0.355 e. The summed E-state index contributed by atoms with van der Waals surface area (Å²) >= 11 is 5.92. The van der Waals surface area contributed by atoms with Crippen LogP contribution in [0.4, 0.5) is 5.82 Å². The second kappa shape index (κ2) is 5.68. The first-order valence-corrected chi connectivity index (χ1v) is 6.17. The predicted molar refractivity (Wildman–Crippen MR) is 75.0 cm³/mol. The van der Waals surface area contributed by atoms with Gasteiger partial charge in [0.15, 0.2) is 0 Å². The second-order valence-electron chi connectivity index (χ2n) is 4.26. The van der Waals surface area contributed by atoms with E-state index >= 15 is 0 Å². The molecule has 0 N–H and O–H groups in total. The Morgan fingerprint density at radius 1 is 1.32 bits per heavy atom. The van der Waals surface area contributed by atoms with Gasteiger partial charge in [0.2, 0.25) is 0 Å². The number of hydrogen-bond donors (Lipinski definition) is 0. The van der Waals surface area contributed by atoms with Gasteiger partial charge in [-0.25, -0.2) is 9.97 Å². The lowest BCUT2D eigenvalue weighted by atomic mass is 10.1. The van der Waals surface area contributed by atoms with Crippen LogP contribution in [-0.2, 0) is 6.54 Å². The molecule has 0 aliphatic carbocycles. The molecule has 96 valence electrons. The highest BCUT2D eigenvalue weighted by atomic mass is 35.5. The van der Waals surface area contributed by atoms with Crippen LogP contribution in [0.5, 0.6) is 0 Å². The number of halogens is 1. The van der Waals surface area contributed by atoms with E-state index in [1.807, 2.05) is 30.1 Å². The third kappa shape index (κ3) is 3.43. The van der Waals surface area contributed by atoms with Crippen molar-refractivity contribution in [1.82, 2.24) is 9.97 Å². The first-order chi connectivity index (χ1) is 9.08. The summed E-state index contributed by atoms with van der Waals surface area (Å²) in [6.45, 7) is 2.46. The lowest BCUT2D eigenvalue weighted by molar-refractivity contribution is 0.879. The van der Waals surface area contributed by atoms with Crippen LogP contribution in [0.2, 0.25) is 5.15 Å². The quantitative estimate of drug-likeness (QED) is 0.806. The van der Waals surface area contributed by atoms with E-state index in [1.165, 1.54) is 0 Å². The molecule has 0 aliphatic heterocycles. The Morgan fingerprint density at radius 3 is 2.79 bits per heavy atom. The van der Waals surface area contributed by atoms with E-state index in [2.05, 4.69) is 16.0 Å². The topological polar surface area (TPSA) is 52.8 Å². The van der Waals surface area contributed by atoms with Crippen LogP contribution in [-0.4, -0.2) is 17.0 Å². The summed E-state index contributed by atoms with van der Waals surface area (Å²) in [5.74, 6) is 1.40. The second-order valence-corrected chi connectivity index (χ2v) is 4.65. The number of rotatable bonds is 3. The molecule has 1 aromatic heterocycles. The molecule has 0 saturated heterocycles. The molecule has 5 heteroatoms. The van der Waals surface area contributed by atoms with Crippen molar-refractivity contribution in [2.45, 2.75) is 13.5 Å². The molecule has 1 heterocycles. The van der Waals surface area contributed by atoms with Gasteiger partial charge in [-0.3, -0.25) is 0 Å². The lowest BCUT2D eigenvalue weighted by Crippen LogP contribution is -2.18. The van der Waals surface area contributed by atoms with Crippen molar-refractivity contribution in [3.63, 3.8) is 0 Å². The largest absolute Gasteiger partial charge is 0.355 e. The van der Waals surface area contributed by atoms with E-state index in [1.54, 1.807) is 19.1 Å². The van der Waals surface area contributed by atoms with Gasteiger partial charge in [-0.15, -0.1) is 0 Å². The van der Waals surface area contributed by atoms with Gasteiger partial charge < -0.3 is 4.90 Å². The molecule has 2 aromatic rings. The van der Waals surface area contributed by atoms with Crippen LogP contribution in [0.25, 0.3) is 0 Å². The minimum atomic E-state index is 0.431. The number of anilines is 1. The standard InChI is InChI=1S/C14H13ClN4/c1-10-17-13(15)7-14(18-10)19(2)9-12-5-3-4-11(6-12)8-16/h3-7H,9H2,1-2H3. The summed E-state index contributed by atoms with van der Waals surface area (Å²) in [5.41, 5.74) is 1.71. The lowest BCUT2D eigenvalue weighted by Gasteiger charge is -2.18. The Labute approximate surface area is 117 Å². The Morgan fingerprint density at radius 2 is 2.11 bits per heavy atom. The summed E-state index contributed by atoms with van der Waals surface area (Å²) in [4.78, 5) is 10.3. The van der Waals surface area contributed by atoms with Crippen LogP contribution in [0.15, 0.2) is 30.3 Å². The number of hydrogen-bond acceptors (Lipinski definition) is 4. The highest BCUT2D eigenvalue weighted by Gasteiger charge is 2.07. The number of benzene rings is 1. The predicted octanol–water partition coefficient (Wildman–Crippen LogP) is 2.95. The van der Waals surface area contributed by atoms with Crippen LogP contribution in [0.3, 0.4) is 0 Å². The molecule has 1 aromatic carbocycles. The average molecular weight is 273 g/mol. The number of nitriles is 1. The third-order valence-corrected chi connectivity index (χ3v) is 2.85. The fourth-order valence-electron chi connectivity index (χ4n) is 1.81. The maximum Gasteiger partial charge on any atom is 0.134 e. The summed E-state index contributed by atoms with van der Waals surface area (Å²) in [5, 5.41) is 9.31. The van der Waals surface area contributed by atoms with Crippen molar-refractivity contribution >= 4 is 17.4 Å². The fourth-order valence-corrected chi connectivity index (χ4v) is 2.03. The van der Waals surface area contributed by atoms with Gasteiger partial charge in [0.25, 0.3) is 0 Å². The van der Waals surface area contributed by atoms with E-state index in [0.29, 0.717) is 23.1 Å². The highest BCUT2D eigenvalue weighted by Crippen LogP contribution is 2.17. The van der Waals surface area contributed by atoms with Crippen molar-refractivity contribution in [2.24, 2.45) is 0 Å². The zero-order valence-electron chi connectivity index (χ0n) is 10.8. The molecule has 0 bridgehead atoms. The summed E-state index contributed by atoms with van der Waals surface area (Å²) in [6.07, 6.45) is 0. The molecule has 0 aliphatic rings. The van der Waals surface area contributed by atoms with Gasteiger partial charge in [-0.2, -0.15) is 5.26 Å². The maximum atomic E-state index is 8.88. The first kappa shape index (κ1) is 13.3. The Hall–Kier alpha value is -2.12. The summed E-state index contributed by atoms with van der Waals surface area (Å²) < 4.78 is 0. The number of aromatic nitrogens is 2. The van der Waals surface area contributed by atoms with Crippen LogP contribution in [0, 0.1) is 18.3 Å². The Kier molecular flexibility index (Phi) is 3.98. The smallest absolute Gasteiger partial charge is 0.134 e. The van der Waals surface area contributed by atoms with Crippen molar-refractivity contribution in [1.29, 1.82) is 5.26 Å². The summed E-state index contributed by atoms with van der Waals surface area (Å²) in [7, 11) is 1.93. The van der Waals surface area contributed by atoms with E-state index in [-0.39, 0.29) is 0 Å². The molecule has 0 atom stereocenters. The molecule has 0 radical (unpaired) electrons. The monoisotopic (exact) mass is 272 g/mol. The highest BCUT2D eigenvalue weighted by molar-refractivity contribution is 6.29. The van der Waals surface area contributed by atoms with Gasteiger partial charge in [0.1, 0.15) is 16.8 Å². The van der Waals surface area contributed by atoms with Gasteiger partial charge in [-0.05, 0) is 24.6 Å². The molecule has 0 saturated carbocycles. The SMILES string of the molecule is Cc1nc(Cl)cc(N(C)Cc2cccc(C#N)c2)n1. The van der Waals surface area contributed by atoms with E-state index in [4.69, 9.17) is 16.9 Å². The maximum absolute atomic E-state index is 8.88. The van der Waals surface area contributed by atoms with Gasteiger partial charge >= 0.3 is 0 Å². The van der Waals surface area contributed by atoms with Gasteiger partial charge in [0, 0.05) is 19.7 Å². The van der Waals surface area contributed by atoms with Crippen LogP contribution >= 0.6 is 11.6 Å². The third-order valence-electron chi connectivity index (χ3n) is 2.66. The Bertz CT molecular complexity index is 613. The Balaban J connectivity index is 2.20. The first-order valence-electron chi connectivity index (χ1n) is 5.80. The normalized spacial score (nSPS) is 10.0. The molecule has 0 fully saturated rings. The number of aryl methyl sites for hydroxylation is 1. The fraction of sp³-hybridized carbons (Fsp3) is 0.214. The van der Waals surface area contributed by atoms with E-state index in [9.17, 15) is 0 Å². The zero-order chi connectivity index (χ0) is 13.8. The van der Waals surface area contributed by atoms with E-state index < -0.39 is 0 Å². The molecule has 0 unspecified atom stereocenters. The summed E-state index contributed by atoms with van der Waals surface area (Å²) in [6, 6.07) is 11.4. The molecular weight excluding hydrogens is 260 g/mol. The molecule has 0 amide bonds. The van der Waals surface area contributed by atoms with Crippen LogP contribution < -0.4 is 4.90 Å². The molecular formula is C14H13ClN4.